The molecule has 27 heavy (non-hydrogen) atoms. The number of carbonyl (C=O) groups excluding carboxylic acids is 1. The molecule has 2 rings (SSSR count). The minimum Gasteiger partial charge on any atom is -0.477 e. The van der Waals surface area contributed by atoms with Gasteiger partial charge in [-0.3, -0.25) is 0 Å². The maximum absolute atomic E-state index is 13.0. The van der Waals surface area contributed by atoms with Crippen LogP contribution in [0.15, 0.2) is 24.3 Å². The second-order valence-electron chi connectivity index (χ2n) is 7.21. The quantitative estimate of drug-likeness (QED) is 0.814. The van der Waals surface area contributed by atoms with Crippen molar-refractivity contribution >= 4 is 23.0 Å². The predicted molar refractivity (Wildman–Crippen MR) is 92.8 cm³/mol. The van der Waals surface area contributed by atoms with E-state index in [0.29, 0.717) is 5.39 Å². The van der Waals surface area contributed by atoms with Crippen molar-refractivity contribution in [2.24, 2.45) is 0 Å². The first-order chi connectivity index (χ1) is 12.3. The van der Waals surface area contributed by atoms with E-state index in [1.807, 2.05) is 0 Å². The SMILES string of the molecule is C[C@H](CNC(=O)OC(C)(C)C)n1c(C(=O)O)cc2ccc(C(F)(F)F)cc21. The molecule has 9 heteroatoms. The fraction of sp³-hybridized carbons (Fsp3) is 0.444. The first-order valence-corrected chi connectivity index (χ1v) is 8.22. The lowest BCUT2D eigenvalue weighted by atomic mass is 10.1. The van der Waals surface area contributed by atoms with Crippen LogP contribution in [0.3, 0.4) is 0 Å². The van der Waals surface area contributed by atoms with Crippen molar-refractivity contribution in [3.63, 3.8) is 0 Å². The number of rotatable bonds is 4. The van der Waals surface area contributed by atoms with E-state index in [2.05, 4.69) is 5.32 Å². The molecule has 0 bridgehead atoms. The number of ether oxygens (including phenoxy) is 1. The van der Waals surface area contributed by atoms with Crippen LogP contribution in [0.25, 0.3) is 10.9 Å². The maximum atomic E-state index is 13.0. The van der Waals surface area contributed by atoms with Gasteiger partial charge in [0, 0.05) is 23.5 Å². The molecule has 1 aromatic heterocycles. The number of carbonyl (C=O) groups is 2. The van der Waals surface area contributed by atoms with Gasteiger partial charge in [0.2, 0.25) is 0 Å². The van der Waals surface area contributed by atoms with E-state index in [1.54, 1.807) is 27.7 Å². The van der Waals surface area contributed by atoms with Crippen molar-refractivity contribution in [2.45, 2.75) is 45.5 Å². The standard InChI is InChI=1S/C18H21F3N2O4/c1-10(9-22-16(26)27-17(2,3)4)23-13-8-12(18(19,20)21)6-5-11(13)7-14(23)15(24)25/h5-8,10H,9H2,1-4H3,(H,22,26)(H,24,25)/t10-/m1/s1. The molecule has 0 saturated carbocycles. The summed E-state index contributed by atoms with van der Waals surface area (Å²) in [7, 11) is 0. The van der Waals surface area contributed by atoms with Crippen LogP contribution in [-0.4, -0.2) is 33.9 Å². The van der Waals surface area contributed by atoms with Gasteiger partial charge in [-0.1, -0.05) is 6.07 Å². The van der Waals surface area contributed by atoms with Crippen molar-refractivity contribution in [3.8, 4) is 0 Å². The van der Waals surface area contributed by atoms with E-state index in [4.69, 9.17) is 4.74 Å². The van der Waals surface area contributed by atoms with Crippen LogP contribution >= 0.6 is 0 Å². The molecule has 1 amide bonds. The zero-order valence-corrected chi connectivity index (χ0v) is 15.3. The molecule has 0 unspecified atom stereocenters. The zero-order chi connectivity index (χ0) is 20.6. The summed E-state index contributed by atoms with van der Waals surface area (Å²) in [5.41, 5.74) is -1.62. The largest absolute Gasteiger partial charge is 0.477 e. The molecule has 6 nitrogen and oxygen atoms in total. The summed E-state index contributed by atoms with van der Waals surface area (Å²) in [6.07, 6.45) is -5.25. The van der Waals surface area contributed by atoms with Crippen molar-refractivity contribution < 1.29 is 32.6 Å². The number of fused-ring (bicyclic) bond motifs is 1. The highest BCUT2D eigenvalue weighted by Crippen LogP contribution is 2.33. The van der Waals surface area contributed by atoms with Gasteiger partial charge < -0.3 is 19.7 Å². The summed E-state index contributed by atoms with van der Waals surface area (Å²) in [5.74, 6) is -1.27. The number of benzene rings is 1. The average Bonchev–Trinajstić information content (AvgIpc) is 2.89. The Hall–Kier alpha value is -2.71. The van der Waals surface area contributed by atoms with E-state index < -0.39 is 35.4 Å². The Balaban J connectivity index is 2.37. The van der Waals surface area contributed by atoms with Gasteiger partial charge in [-0.15, -0.1) is 0 Å². The Morgan fingerprint density at radius 2 is 1.85 bits per heavy atom. The molecule has 148 valence electrons. The Labute approximate surface area is 153 Å². The smallest absolute Gasteiger partial charge is 0.416 e. The highest BCUT2D eigenvalue weighted by atomic mass is 19.4. The number of amides is 1. The van der Waals surface area contributed by atoms with E-state index in [9.17, 15) is 27.9 Å². The Kier molecular flexibility index (Phi) is 5.44. The highest BCUT2D eigenvalue weighted by molar-refractivity contribution is 5.95. The minimum absolute atomic E-state index is 0.0186. The summed E-state index contributed by atoms with van der Waals surface area (Å²) in [4.78, 5) is 23.3. The number of carboxylic acids is 1. The van der Waals surface area contributed by atoms with E-state index in [1.165, 1.54) is 16.7 Å². The zero-order valence-electron chi connectivity index (χ0n) is 15.3. The van der Waals surface area contributed by atoms with Gasteiger partial charge in [-0.2, -0.15) is 13.2 Å². The van der Waals surface area contributed by atoms with Crippen LogP contribution in [0.1, 0.15) is 49.8 Å². The number of nitrogens with one attached hydrogen (secondary N) is 1. The first kappa shape index (κ1) is 20.6. The third-order valence-corrected chi connectivity index (χ3v) is 3.77. The summed E-state index contributed by atoms with van der Waals surface area (Å²) in [6, 6.07) is 3.73. The van der Waals surface area contributed by atoms with Gasteiger partial charge in [-0.25, -0.2) is 9.59 Å². The van der Waals surface area contributed by atoms with E-state index >= 15 is 0 Å². The van der Waals surface area contributed by atoms with Gasteiger partial charge in [0.25, 0.3) is 0 Å². The number of aromatic carboxylic acids is 1. The Morgan fingerprint density at radius 3 is 2.37 bits per heavy atom. The molecule has 2 aromatic rings. The third-order valence-electron chi connectivity index (χ3n) is 3.77. The van der Waals surface area contributed by atoms with Gasteiger partial charge in [-0.05, 0) is 45.9 Å². The lowest BCUT2D eigenvalue weighted by Gasteiger charge is -2.22. The predicted octanol–water partition coefficient (Wildman–Crippen LogP) is 4.44. The van der Waals surface area contributed by atoms with Gasteiger partial charge >= 0.3 is 18.2 Å². The lowest BCUT2D eigenvalue weighted by Crippen LogP contribution is -2.35. The number of aromatic nitrogens is 1. The molecule has 0 fully saturated rings. The van der Waals surface area contributed by atoms with Gasteiger partial charge in [0.1, 0.15) is 11.3 Å². The number of alkyl halides is 3. The number of halogens is 3. The molecule has 0 aliphatic heterocycles. The normalized spacial score (nSPS) is 13.4. The lowest BCUT2D eigenvalue weighted by molar-refractivity contribution is -0.137. The van der Waals surface area contributed by atoms with Crippen LogP contribution in [0.5, 0.6) is 0 Å². The van der Waals surface area contributed by atoms with Crippen LogP contribution in [0.2, 0.25) is 0 Å². The first-order valence-electron chi connectivity index (χ1n) is 8.22. The topological polar surface area (TPSA) is 80.6 Å². The number of hydrogen-bond acceptors (Lipinski definition) is 3. The van der Waals surface area contributed by atoms with E-state index in [-0.39, 0.29) is 17.8 Å². The average molecular weight is 386 g/mol. The van der Waals surface area contributed by atoms with Crippen LogP contribution in [-0.2, 0) is 10.9 Å². The number of alkyl carbamates (subject to hydrolysis) is 1. The number of nitrogens with zero attached hydrogens (tertiary/aromatic N) is 1. The maximum Gasteiger partial charge on any atom is 0.416 e. The molecule has 0 aliphatic rings. The Bertz CT molecular complexity index is 866. The second kappa shape index (κ2) is 7.13. The van der Waals surface area contributed by atoms with Crippen molar-refractivity contribution in [3.05, 3.63) is 35.5 Å². The number of hydrogen-bond donors (Lipinski definition) is 2. The minimum atomic E-state index is -4.55. The monoisotopic (exact) mass is 386 g/mol. The van der Waals surface area contributed by atoms with Gasteiger partial charge in [0.05, 0.1) is 5.56 Å². The van der Waals surface area contributed by atoms with Crippen molar-refractivity contribution in [1.82, 2.24) is 9.88 Å². The fourth-order valence-electron chi connectivity index (χ4n) is 2.67. The third kappa shape index (κ3) is 4.93. The molecular weight excluding hydrogens is 365 g/mol. The van der Waals surface area contributed by atoms with Crippen LogP contribution in [0.4, 0.5) is 18.0 Å². The van der Waals surface area contributed by atoms with Crippen LogP contribution < -0.4 is 5.32 Å². The van der Waals surface area contributed by atoms with Crippen molar-refractivity contribution in [1.29, 1.82) is 0 Å². The molecule has 0 saturated heterocycles. The molecule has 2 N–H and O–H groups in total. The molecule has 0 aliphatic carbocycles. The Morgan fingerprint density at radius 1 is 1.22 bits per heavy atom. The summed E-state index contributed by atoms with van der Waals surface area (Å²) in [5, 5.41) is 12.3. The molecule has 1 aromatic carbocycles. The summed E-state index contributed by atoms with van der Waals surface area (Å²) in [6.45, 7) is 6.66. The van der Waals surface area contributed by atoms with Crippen LogP contribution in [0, 0.1) is 0 Å². The molecule has 0 radical (unpaired) electrons. The molecule has 1 atom stereocenters. The second-order valence-corrected chi connectivity index (χ2v) is 7.21. The molecule has 1 heterocycles. The fourth-order valence-corrected chi connectivity index (χ4v) is 2.67. The summed E-state index contributed by atoms with van der Waals surface area (Å²) < 4.78 is 45.5. The number of carboxylic acid groups (broad SMARTS) is 1. The molecular formula is C18H21F3N2O4. The molecule has 0 spiro atoms. The summed E-state index contributed by atoms with van der Waals surface area (Å²) >= 11 is 0. The highest BCUT2D eigenvalue weighted by Gasteiger charge is 2.31. The van der Waals surface area contributed by atoms with E-state index in [0.717, 1.165) is 12.1 Å². The van der Waals surface area contributed by atoms with Gasteiger partial charge in [0.15, 0.2) is 0 Å². The van der Waals surface area contributed by atoms with Crippen molar-refractivity contribution in [2.75, 3.05) is 6.54 Å².